The summed E-state index contributed by atoms with van der Waals surface area (Å²) in [6.45, 7) is 6.49. The monoisotopic (exact) mass is 392 g/mol. The van der Waals surface area contributed by atoms with Gasteiger partial charge in [0.2, 0.25) is 5.91 Å². The number of hydrogen-bond acceptors (Lipinski definition) is 7. The van der Waals surface area contributed by atoms with Crippen LogP contribution in [0.5, 0.6) is 0 Å². The molecular weight excluding hydrogens is 368 g/mol. The minimum Gasteiger partial charge on any atom is -0.353 e. The van der Waals surface area contributed by atoms with E-state index in [2.05, 4.69) is 30.3 Å². The largest absolute Gasteiger partial charge is 0.353 e. The molecule has 1 aliphatic rings. The van der Waals surface area contributed by atoms with Crippen molar-refractivity contribution in [3.8, 4) is 0 Å². The molecule has 0 bridgehead atoms. The van der Waals surface area contributed by atoms with Gasteiger partial charge in [-0.05, 0) is 32.0 Å². The average molecular weight is 392 g/mol. The Labute approximate surface area is 169 Å². The second kappa shape index (κ2) is 8.26. The molecule has 1 saturated heterocycles. The summed E-state index contributed by atoms with van der Waals surface area (Å²) in [5, 5.41) is 7.40. The van der Waals surface area contributed by atoms with E-state index in [-0.39, 0.29) is 11.9 Å². The van der Waals surface area contributed by atoms with Crippen LogP contribution >= 0.6 is 0 Å². The third kappa shape index (κ3) is 4.34. The molecule has 0 aliphatic carbocycles. The first kappa shape index (κ1) is 18.9. The van der Waals surface area contributed by atoms with Crippen molar-refractivity contribution in [1.82, 2.24) is 29.6 Å². The number of amides is 1. The van der Waals surface area contributed by atoms with Crippen LogP contribution in [0.4, 0.5) is 17.5 Å². The van der Waals surface area contributed by atoms with Crippen LogP contribution in [0.25, 0.3) is 0 Å². The van der Waals surface area contributed by atoms with E-state index in [4.69, 9.17) is 0 Å². The van der Waals surface area contributed by atoms with Gasteiger partial charge < -0.3 is 15.1 Å². The minimum absolute atomic E-state index is 0.0877. The molecule has 0 aromatic carbocycles. The number of anilines is 3. The summed E-state index contributed by atoms with van der Waals surface area (Å²) in [7, 11) is 0. The normalized spacial score (nSPS) is 15.2. The van der Waals surface area contributed by atoms with Gasteiger partial charge in [-0.1, -0.05) is 6.07 Å². The fourth-order valence-corrected chi connectivity index (χ4v) is 3.39. The predicted molar refractivity (Wildman–Crippen MR) is 110 cm³/mol. The maximum absolute atomic E-state index is 12.8. The maximum atomic E-state index is 12.8. The van der Waals surface area contributed by atoms with Crippen LogP contribution in [0, 0.1) is 6.92 Å². The summed E-state index contributed by atoms with van der Waals surface area (Å²) in [5.41, 5.74) is 0. The zero-order valence-electron chi connectivity index (χ0n) is 16.6. The number of aromatic nitrogens is 5. The van der Waals surface area contributed by atoms with Crippen molar-refractivity contribution in [3.63, 3.8) is 0 Å². The van der Waals surface area contributed by atoms with E-state index in [9.17, 15) is 4.79 Å². The molecule has 1 amide bonds. The maximum Gasteiger partial charge on any atom is 0.247 e. The Morgan fingerprint density at radius 2 is 1.90 bits per heavy atom. The first-order chi connectivity index (χ1) is 14.1. The van der Waals surface area contributed by atoms with Gasteiger partial charge in [-0.15, -0.1) is 0 Å². The lowest BCUT2D eigenvalue weighted by atomic mass is 10.2. The number of carbonyl (C=O) groups excluding carboxylic acids is 1. The molecule has 1 fully saturated rings. The summed E-state index contributed by atoms with van der Waals surface area (Å²) in [6, 6.07) is 9.14. The molecule has 9 heteroatoms. The molecule has 29 heavy (non-hydrogen) atoms. The Hall–Kier alpha value is -3.49. The fraction of sp³-hybridized carbons (Fsp3) is 0.350. The second-order valence-electron chi connectivity index (χ2n) is 6.97. The molecule has 0 radical (unpaired) electrons. The Morgan fingerprint density at radius 1 is 1.07 bits per heavy atom. The van der Waals surface area contributed by atoms with E-state index >= 15 is 0 Å². The third-order valence-electron chi connectivity index (χ3n) is 4.94. The number of pyridine rings is 1. The lowest BCUT2D eigenvalue weighted by Crippen LogP contribution is -2.50. The van der Waals surface area contributed by atoms with Crippen molar-refractivity contribution in [2.45, 2.75) is 19.9 Å². The SMILES string of the molecule is Cc1nc(Nc2ccccn2)cc(N2CCN(C(=O)C(C)n3cccn3)CC2)n1. The summed E-state index contributed by atoms with van der Waals surface area (Å²) >= 11 is 0. The van der Waals surface area contributed by atoms with Crippen molar-refractivity contribution >= 4 is 23.4 Å². The fourth-order valence-electron chi connectivity index (χ4n) is 3.39. The quantitative estimate of drug-likeness (QED) is 0.710. The first-order valence-corrected chi connectivity index (χ1v) is 9.67. The highest BCUT2D eigenvalue weighted by atomic mass is 16.2. The Bertz CT molecular complexity index is 952. The van der Waals surface area contributed by atoms with Crippen LogP contribution in [0.2, 0.25) is 0 Å². The molecule has 1 N–H and O–H groups in total. The summed E-state index contributed by atoms with van der Waals surface area (Å²) in [6.07, 6.45) is 5.24. The molecule has 9 nitrogen and oxygen atoms in total. The zero-order valence-corrected chi connectivity index (χ0v) is 16.6. The molecule has 3 aromatic rings. The Balaban J connectivity index is 1.41. The molecule has 4 heterocycles. The smallest absolute Gasteiger partial charge is 0.247 e. The number of aryl methyl sites for hydroxylation is 1. The van der Waals surface area contributed by atoms with Gasteiger partial charge in [0.25, 0.3) is 0 Å². The first-order valence-electron chi connectivity index (χ1n) is 9.67. The standard InChI is InChI=1S/C20H24N8O/c1-15(28-9-5-8-22-28)20(29)27-12-10-26(11-13-27)19-14-18(23-16(2)24-19)25-17-6-3-4-7-21-17/h3-9,14-15H,10-13H2,1-2H3,(H,21,23,24,25). The zero-order chi connectivity index (χ0) is 20.2. The van der Waals surface area contributed by atoms with Crippen molar-refractivity contribution in [2.75, 3.05) is 36.4 Å². The van der Waals surface area contributed by atoms with Gasteiger partial charge in [0.1, 0.15) is 29.3 Å². The molecule has 0 spiro atoms. The number of carbonyl (C=O) groups is 1. The molecule has 3 aromatic heterocycles. The lowest BCUT2D eigenvalue weighted by Gasteiger charge is -2.36. The molecule has 1 unspecified atom stereocenters. The third-order valence-corrected chi connectivity index (χ3v) is 4.94. The lowest BCUT2D eigenvalue weighted by molar-refractivity contribution is -0.134. The molecule has 1 atom stereocenters. The van der Waals surface area contributed by atoms with Crippen LogP contribution in [-0.4, -0.2) is 61.7 Å². The summed E-state index contributed by atoms with van der Waals surface area (Å²) < 4.78 is 1.69. The van der Waals surface area contributed by atoms with E-state index in [1.165, 1.54) is 0 Å². The summed E-state index contributed by atoms with van der Waals surface area (Å²) in [5.74, 6) is 3.07. The number of nitrogens with zero attached hydrogens (tertiary/aromatic N) is 7. The molecule has 1 aliphatic heterocycles. The molecule has 0 saturated carbocycles. The van der Waals surface area contributed by atoms with Crippen LogP contribution in [0.3, 0.4) is 0 Å². The van der Waals surface area contributed by atoms with E-state index in [0.29, 0.717) is 24.7 Å². The van der Waals surface area contributed by atoms with Crippen molar-refractivity contribution < 1.29 is 4.79 Å². The average Bonchev–Trinajstić information content (AvgIpc) is 3.28. The van der Waals surface area contributed by atoms with Crippen molar-refractivity contribution in [1.29, 1.82) is 0 Å². The van der Waals surface area contributed by atoms with Gasteiger partial charge in [-0.25, -0.2) is 15.0 Å². The van der Waals surface area contributed by atoms with Crippen molar-refractivity contribution in [2.24, 2.45) is 0 Å². The highest BCUT2D eigenvalue weighted by Gasteiger charge is 2.26. The predicted octanol–water partition coefficient (Wildman–Crippen LogP) is 2.03. The van der Waals surface area contributed by atoms with Crippen LogP contribution in [-0.2, 0) is 4.79 Å². The van der Waals surface area contributed by atoms with Gasteiger partial charge in [0.05, 0.1) is 0 Å². The number of hydrogen-bond donors (Lipinski definition) is 1. The van der Waals surface area contributed by atoms with E-state index in [0.717, 1.165) is 24.7 Å². The van der Waals surface area contributed by atoms with E-state index < -0.39 is 0 Å². The number of nitrogens with one attached hydrogen (secondary N) is 1. The van der Waals surface area contributed by atoms with Gasteiger partial charge in [0, 0.05) is 50.8 Å². The molecular formula is C20H24N8O. The van der Waals surface area contributed by atoms with Crippen molar-refractivity contribution in [3.05, 3.63) is 54.7 Å². The van der Waals surface area contributed by atoms with E-state index in [1.807, 2.05) is 55.3 Å². The van der Waals surface area contributed by atoms with Crippen LogP contribution < -0.4 is 10.2 Å². The highest BCUT2D eigenvalue weighted by Crippen LogP contribution is 2.21. The summed E-state index contributed by atoms with van der Waals surface area (Å²) in [4.78, 5) is 30.1. The Morgan fingerprint density at radius 3 is 2.59 bits per heavy atom. The molecule has 150 valence electrons. The number of piperazine rings is 1. The highest BCUT2D eigenvalue weighted by molar-refractivity contribution is 5.80. The number of rotatable bonds is 5. The Kier molecular flexibility index (Phi) is 5.37. The second-order valence-corrected chi connectivity index (χ2v) is 6.97. The van der Waals surface area contributed by atoms with Crippen LogP contribution in [0.15, 0.2) is 48.9 Å². The van der Waals surface area contributed by atoms with Gasteiger partial charge in [-0.3, -0.25) is 9.48 Å². The van der Waals surface area contributed by atoms with E-state index in [1.54, 1.807) is 17.1 Å². The van der Waals surface area contributed by atoms with Crippen LogP contribution in [0.1, 0.15) is 18.8 Å². The minimum atomic E-state index is -0.299. The van der Waals surface area contributed by atoms with Gasteiger partial charge in [-0.2, -0.15) is 5.10 Å². The van der Waals surface area contributed by atoms with Gasteiger partial charge in [0.15, 0.2) is 0 Å². The van der Waals surface area contributed by atoms with Gasteiger partial charge >= 0.3 is 0 Å². The molecule has 4 rings (SSSR count). The topological polar surface area (TPSA) is 92.1 Å².